The Bertz CT molecular complexity index is 2290. The number of hydrogen-bond donors (Lipinski definition) is 6. The van der Waals surface area contributed by atoms with Crippen molar-refractivity contribution in [3.63, 3.8) is 0 Å². The van der Waals surface area contributed by atoms with E-state index in [0.29, 0.717) is 51.6 Å². The molecule has 0 spiro atoms. The molecule has 514 valence electrons. The second-order valence-corrected chi connectivity index (χ2v) is 20.8. The average Bonchev–Trinajstić information content (AvgIpc) is 1.01. The smallest absolute Gasteiger partial charge is 0.303 e. The van der Waals surface area contributed by atoms with Gasteiger partial charge in [0.15, 0.2) is 30.7 Å². The van der Waals surface area contributed by atoms with Crippen LogP contribution < -0.4 is 21.3 Å². The fourth-order valence-corrected chi connectivity index (χ4v) is 9.56. The van der Waals surface area contributed by atoms with Crippen LogP contribution in [0, 0.1) is 176 Å². The molecule has 0 aromatic rings. The minimum Gasteiger partial charge on any atom is -0.667 e. The van der Waals surface area contributed by atoms with Crippen molar-refractivity contribution in [2.75, 3.05) is 78.9 Å². The first kappa shape index (κ1) is 93.6. The number of carbonyl (C=O) groups excluding carboxylic acids is 11. The molecule has 0 bridgehead atoms. The minimum absolute atomic E-state index is 0. The third kappa shape index (κ3) is 36.0. The topological polar surface area (TPSA) is 447 Å². The fraction of sp³-hybridized carbons (Fsp3) is 0.800. The summed E-state index contributed by atoms with van der Waals surface area (Å²) in [4.78, 5) is 136. The molecule has 3 saturated heterocycles. The standard InChI is InChI=1S/C55H89N7O26.4Ac/c1-30(65)61-46-52(85-37(8)72)49(82-34(5)69)40(29-79-31(2)66)88-55(46)78-26-13-10-16-42(74)60-21-23-62(43(75)17-11-14-25-77-54-45(57)51(84-36(7)71)48(81-33(4)68)39(28-64)87-54)22-20-58-18-19-59-41(73)15-9-12-24-76-53-44(56)50(83-35(6)70)47(80-32(3)67)38(27-63)86-53;;;;/h38-40,44-58,63-64H,9-29H2,1-8H3,(H,59,73)(H,60,74)(H,61,65);;;;/q-2;;;;/t38?,39?,40?,44?,45?,46?,47-,48-,49-,50+,51+,52+,53+,54+,55+;;;;/m0..../s1. The van der Waals surface area contributed by atoms with E-state index in [4.69, 9.17) is 73.0 Å². The summed E-state index contributed by atoms with van der Waals surface area (Å²) >= 11 is 0. The van der Waals surface area contributed by atoms with Crippen molar-refractivity contribution in [1.29, 1.82) is 0 Å². The number of esters is 7. The molecule has 3 aliphatic rings. The first-order valence-corrected chi connectivity index (χ1v) is 29.2. The quantitative estimate of drug-likeness (QED) is 0.0242. The molecule has 6 unspecified atom stereocenters. The number of unbranched alkanes of at least 4 members (excludes halogenated alkanes) is 3. The summed E-state index contributed by atoms with van der Waals surface area (Å²) in [5, 5.41) is 31.3. The van der Waals surface area contributed by atoms with Gasteiger partial charge in [0.2, 0.25) is 23.6 Å². The number of aliphatic hydroxyl groups excluding tert-OH is 2. The summed E-state index contributed by atoms with van der Waals surface area (Å²) in [7, 11) is 0. The zero-order valence-corrected chi connectivity index (χ0v) is 72.4. The molecule has 3 heterocycles. The number of amides is 4. The number of hydrogen-bond acceptors (Lipinski definition) is 27. The maximum Gasteiger partial charge on any atom is 0.303 e. The second-order valence-electron chi connectivity index (χ2n) is 20.8. The zero-order chi connectivity index (χ0) is 65.5. The number of rotatable bonds is 38. The van der Waals surface area contributed by atoms with E-state index < -0.39 is 159 Å². The van der Waals surface area contributed by atoms with Crippen LogP contribution in [0.15, 0.2) is 0 Å². The van der Waals surface area contributed by atoms with Gasteiger partial charge in [0, 0.05) is 310 Å². The van der Waals surface area contributed by atoms with Gasteiger partial charge in [-0.2, -0.15) is 0 Å². The van der Waals surface area contributed by atoms with Crippen molar-refractivity contribution in [2.24, 2.45) is 0 Å². The van der Waals surface area contributed by atoms with E-state index in [1.165, 1.54) is 6.92 Å². The van der Waals surface area contributed by atoms with E-state index in [-0.39, 0.29) is 259 Å². The Hall–Kier alpha value is -0.504. The van der Waals surface area contributed by atoms with Crippen LogP contribution >= 0.6 is 0 Å². The fourth-order valence-electron chi connectivity index (χ4n) is 9.56. The van der Waals surface area contributed by atoms with Crippen LogP contribution in [0.1, 0.15) is 113 Å². The van der Waals surface area contributed by atoms with Gasteiger partial charge in [0.25, 0.3) is 0 Å². The molecule has 3 rings (SSSR count). The van der Waals surface area contributed by atoms with E-state index in [1.807, 2.05) is 0 Å². The van der Waals surface area contributed by atoms with E-state index in [2.05, 4.69) is 21.3 Å². The molecule has 4 radical (unpaired) electrons. The summed E-state index contributed by atoms with van der Waals surface area (Å²) in [5.74, 6) is -6.53. The monoisotopic (exact) mass is 2170 g/mol. The molecule has 0 aromatic heterocycles. The molecule has 0 aliphatic carbocycles. The average molecular weight is 2170 g/mol. The molecule has 15 atom stereocenters. The first-order chi connectivity index (χ1) is 41.8. The summed E-state index contributed by atoms with van der Waals surface area (Å²) in [6, 6.07) is -3.83. The third-order valence-electron chi connectivity index (χ3n) is 13.4. The van der Waals surface area contributed by atoms with Gasteiger partial charge in [0.1, 0.15) is 55.7 Å². The zero-order valence-electron chi connectivity index (χ0n) is 53.5. The molecule has 3 aliphatic heterocycles. The predicted octanol–water partition coefficient (Wildman–Crippen LogP) is -1.14. The first-order valence-electron chi connectivity index (χ1n) is 29.2. The van der Waals surface area contributed by atoms with Crippen molar-refractivity contribution in [2.45, 2.75) is 205 Å². The van der Waals surface area contributed by atoms with E-state index in [0.717, 1.165) is 48.5 Å². The molecule has 0 saturated carbocycles. The largest absolute Gasteiger partial charge is 0.667 e. The van der Waals surface area contributed by atoms with Gasteiger partial charge in [0.05, 0.1) is 13.2 Å². The number of nitrogens with one attached hydrogen (secondary N) is 6. The SMILES string of the molecule is CC(=O)NC1[C@H](OCCCCC(=O)NCCN(CCNCCNC(=O)CCCCO[C@@H]2OC(CO)[C@H](OC(C)=O)[C@H](OC(C)=O)C2[NH-])C(=O)CCCCO[C@@H]2OC(CO)[C@H](OC(C)=O)[C@H](OC(C)=O)C2[NH-])OC(COC(C)=O)[C@H](OC(C)=O)[C@@H]1OC(C)=O.[Ac].[Ac].[Ac].[Ac]. The second kappa shape index (κ2) is 51.6. The van der Waals surface area contributed by atoms with Crippen molar-refractivity contribution in [3.05, 3.63) is 11.5 Å². The maximum atomic E-state index is 13.7. The Labute approximate surface area is 678 Å². The molecule has 92 heavy (non-hydrogen) atoms. The normalized spacial score (nSPS) is 25.5. The van der Waals surface area contributed by atoms with Crippen LogP contribution in [0.4, 0.5) is 0 Å². The van der Waals surface area contributed by atoms with Gasteiger partial charge in [-0.25, -0.2) is 0 Å². The molecule has 3 fully saturated rings. The molecular weight excluding hydrogens is 2080 g/mol. The molecule has 37 heteroatoms. The number of nitrogens with zero attached hydrogens (tertiary/aromatic N) is 1. The Morgan fingerprint density at radius 1 is 0.435 bits per heavy atom. The van der Waals surface area contributed by atoms with Crippen LogP contribution in [0.5, 0.6) is 0 Å². The third-order valence-corrected chi connectivity index (χ3v) is 13.4. The number of carbonyl (C=O) groups is 11. The molecule has 4 amide bonds. The van der Waals surface area contributed by atoms with Crippen LogP contribution in [0.3, 0.4) is 0 Å². The van der Waals surface area contributed by atoms with Crippen LogP contribution in [-0.2, 0) is 114 Å². The summed E-state index contributed by atoms with van der Waals surface area (Å²) < 4.78 is 71.8. The maximum absolute atomic E-state index is 13.7. The molecule has 33 nitrogen and oxygen atoms in total. The van der Waals surface area contributed by atoms with Gasteiger partial charge >= 0.3 is 41.8 Å². The van der Waals surface area contributed by atoms with Crippen molar-refractivity contribution < 1.29 is 301 Å². The number of aliphatic hydroxyl groups is 2. The van der Waals surface area contributed by atoms with Crippen molar-refractivity contribution >= 4 is 65.4 Å². The summed E-state index contributed by atoms with van der Waals surface area (Å²) in [6.07, 6.45) is -12.6. The predicted molar refractivity (Wildman–Crippen MR) is 299 cm³/mol. The van der Waals surface area contributed by atoms with E-state index in [9.17, 15) is 63.0 Å². The Morgan fingerprint density at radius 2 is 0.804 bits per heavy atom. The number of ether oxygens (including phenoxy) is 13. The van der Waals surface area contributed by atoms with Crippen LogP contribution in [0.25, 0.3) is 11.5 Å². The minimum atomic E-state index is -1.36. The summed E-state index contributed by atoms with van der Waals surface area (Å²) in [5.41, 5.74) is 17.2. The van der Waals surface area contributed by atoms with Crippen molar-refractivity contribution in [1.82, 2.24) is 26.2 Å². The molecule has 8 N–H and O–H groups in total. The van der Waals surface area contributed by atoms with Crippen LogP contribution in [0.2, 0.25) is 0 Å². The van der Waals surface area contributed by atoms with Gasteiger partial charge in [-0.1, -0.05) is 0 Å². The van der Waals surface area contributed by atoms with E-state index in [1.54, 1.807) is 4.90 Å². The Morgan fingerprint density at radius 3 is 1.22 bits per heavy atom. The van der Waals surface area contributed by atoms with Gasteiger partial charge in [-0.05, 0) is 50.6 Å². The molecular formula is C55H89Ac4N7O26-2. The Kier molecular flexibility index (Phi) is 52.5. The van der Waals surface area contributed by atoms with Gasteiger partial charge in [-0.3, -0.25) is 52.7 Å². The molecule has 0 aromatic carbocycles. The van der Waals surface area contributed by atoms with Crippen LogP contribution in [-0.4, -0.2) is 251 Å². The Balaban J connectivity index is 0. The van der Waals surface area contributed by atoms with Gasteiger partial charge < -0.3 is 109 Å². The summed E-state index contributed by atoms with van der Waals surface area (Å²) in [6.45, 7) is 8.75. The van der Waals surface area contributed by atoms with Crippen molar-refractivity contribution in [3.8, 4) is 0 Å². The van der Waals surface area contributed by atoms with E-state index >= 15 is 0 Å². The van der Waals surface area contributed by atoms with Gasteiger partial charge in [-0.15, -0.1) is 0 Å².